The smallest absolute Gasteiger partial charge is 0.131 e. The van der Waals surface area contributed by atoms with Gasteiger partial charge in [-0.3, -0.25) is 0 Å². The van der Waals surface area contributed by atoms with E-state index in [1.54, 1.807) is 7.11 Å². The molecule has 2 aromatic rings. The first kappa shape index (κ1) is 14.6. The SMILES string of the molecule is CCCn1c(CC)nc(-c2cccc(COC)c2)c1N. The molecule has 108 valence electrons. The van der Waals surface area contributed by atoms with Gasteiger partial charge < -0.3 is 15.0 Å². The van der Waals surface area contributed by atoms with Crippen molar-refractivity contribution >= 4 is 5.82 Å². The highest BCUT2D eigenvalue weighted by Gasteiger charge is 2.14. The molecule has 20 heavy (non-hydrogen) atoms. The van der Waals surface area contributed by atoms with Crippen LogP contribution in [0.3, 0.4) is 0 Å². The van der Waals surface area contributed by atoms with Gasteiger partial charge in [0.25, 0.3) is 0 Å². The molecule has 0 bridgehead atoms. The fraction of sp³-hybridized carbons (Fsp3) is 0.438. The molecule has 0 saturated carbocycles. The third-order valence-electron chi connectivity index (χ3n) is 3.36. The predicted octanol–water partition coefficient (Wildman–Crippen LogP) is 3.25. The van der Waals surface area contributed by atoms with Crippen molar-refractivity contribution in [2.24, 2.45) is 0 Å². The van der Waals surface area contributed by atoms with E-state index < -0.39 is 0 Å². The Morgan fingerprint density at radius 1 is 1.30 bits per heavy atom. The normalized spacial score (nSPS) is 10.9. The van der Waals surface area contributed by atoms with Gasteiger partial charge in [0, 0.05) is 25.6 Å². The van der Waals surface area contributed by atoms with E-state index in [0.29, 0.717) is 6.61 Å². The molecule has 1 aromatic carbocycles. The molecule has 0 aliphatic heterocycles. The summed E-state index contributed by atoms with van der Waals surface area (Å²) >= 11 is 0. The van der Waals surface area contributed by atoms with Gasteiger partial charge in [0.1, 0.15) is 17.3 Å². The minimum absolute atomic E-state index is 0.601. The number of hydrogen-bond acceptors (Lipinski definition) is 3. The summed E-state index contributed by atoms with van der Waals surface area (Å²) in [6.07, 6.45) is 1.94. The van der Waals surface area contributed by atoms with Crippen molar-refractivity contribution in [2.75, 3.05) is 12.8 Å². The van der Waals surface area contributed by atoms with Crippen molar-refractivity contribution in [3.05, 3.63) is 35.7 Å². The maximum atomic E-state index is 6.29. The summed E-state index contributed by atoms with van der Waals surface area (Å²) in [5.74, 6) is 1.81. The van der Waals surface area contributed by atoms with Crippen molar-refractivity contribution < 1.29 is 4.74 Å². The minimum Gasteiger partial charge on any atom is -0.383 e. The van der Waals surface area contributed by atoms with E-state index in [9.17, 15) is 0 Å². The number of ether oxygens (including phenoxy) is 1. The molecule has 0 amide bonds. The molecular formula is C16H23N3O. The van der Waals surface area contributed by atoms with E-state index in [1.807, 2.05) is 18.2 Å². The molecule has 0 fully saturated rings. The number of nitrogens with zero attached hydrogens (tertiary/aromatic N) is 2. The van der Waals surface area contributed by atoms with Crippen LogP contribution in [0.4, 0.5) is 5.82 Å². The number of aromatic nitrogens is 2. The summed E-state index contributed by atoms with van der Waals surface area (Å²) in [5.41, 5.74) is 9.36. The van der Waals surface area contributed by atoms with E-state index in [2.05, 4.69) is 24.5 Å². The number of benzene rings is 1. The molecule has 1 heterocycles. The highest BCUT2D eigenvalue weighted by atomic mass is 16.5. The Morgan fingerprint density at radius 2 is 2.10 bits per heavy atom. The first-order chi connectivity index (χ1) is 9.71. The van der Waals surface area contributed by atoms with Crippen molar-refractivity contribution in [1.82, 2.24) is 9.55 Å². The van der Waals surface area contributed by atoms with E-state index in [1.165, 1.54) is 0 Å². The third-order valence-corrected chi connectivity index (χ3v) is 3.36. The lowest BCUT2D eigenvalue weighted by molar-refractivity contribution is 0.185. The molecule has 0 unspecified atom stereocenters. The number of methoxy groups -OCH3 is 1. The van der Waals surface area contributed by atoms with Crippen LogP contribution in [0.15, 0.2) is 24.3 Å². The zero-order valence-electron chi connectivity index (χ0n) is 12.5. The van der Waals surface area contributed by atoms with Gasteiger partial charge in [-0.25, -0.2) is 4.98 Å². The molecular weight excluding hydrogens is 250 g/mol. The van der Waals surface area contributed by atoms with Crippen LogP contribution in [-0.2, 0) is 24.3 Å². The van der Waals surface area contributed by atoms with Gasteiger partial charge in [0.2, 0.25) is 0 Å². The number of rotatable bonds is 6. The van der Waals surface area contributed by atoms with Crippen LogP contribution < -0.4 is 5.73 Å². The van der Waals surface area contributed by atoms with Crippen molar-refractivity contribution in [2.45, 2.75) is 39.8 Å². The predicted molar refractivity (Wildman–Crippen MR) is 82.5 cm³/mol. The molecule has 0 spiro atoms. The summed E-state index contributed by atoms with van der Waals surface area (Å²) in [5, 5.41) is 0. The fourth-order valence-electron chi connectivity index (χ4n) is 2.44. The Balaban J connectivity index is 2.44. The quantitative estimate of drug-likeness (QED) is 0.879. The number of hydrogen-bond donors (Lipinski definition) is 1. The van der Waals surface area contributed by atoms with Crippen LogP contribution in [-0.4, -0.2) is 16.7 Å². The van der Waals surface area contributed by atoms with Crippen LogP contribution in [0.2, 0.25) is 0 Å². The average molecular weight is 273 g/mol. The largest absolute Gasteiger partial charge is 0.383 e. The summed E-state index contributed by atoms with van der Waals surface area (Å²) in [6, 6.07) is 8.21. The van der Waals surface area contributed by atoms with Crippen LogP contribution in [0.25, 0.3) is 11.3 Å². The van der Waals surface area contributed by atoms with Crippen molar-refractivity contribution in [1.29, 1.82) is 0 Å². The summed E-state index contributed by atoms with van der Waals surface area (Å²) < 4.78 is 7.30. The Labute approximate surface area is 120 Å². The molecule has 0 aliphatic carbocycles. The number of anilines is 1. The second-order valence-corrected chi connectivity index (χ2v) is 4.90. The average Bonchev–Trinajstić information content (AvgIpc) is 2.77. The Kier molecular flexibility index (Phi) is 4.79. The summed E-state index contributed by atoms with van der Waals surface area (Å²) in [6.45, 7) is 5.78. The molecule has 0 saturated heterocycles. The zero-order chi connectivity index (χ0) is 14.5. The highest BCUT2D eigenvalue weighted by Crippen LogP contribution is 2.27. The number of nitrogens with two attached hydrogens (primary N) is 1. The number of aryl methyl sites for hydroxylation is 1. The van der Waals surface area contributed by atoms with Gasteiger partial charge in [0.05, 0.1) is 6.61 Å². The van der Waals surface area contributed by atoms with Crippen molar-refractivity contribution in [3.63, 3.8) is 0 Å². The Hall–Kier alpha value is -1.81. The van der Waals surface area contributed by atoms with E-state index in [-0.39, 0.29) is 0 Å². The van der Waals surface area contributed by atoms with Crippen LogP contribution >= 0.6 is 0 Å². The number of nitrogen functional groups attached to an aromatic ring is 1. The second-order valence-electron chi connectivity index (χ2n) is 4.90. The molecule has 2 rings (SSSR count). The molecule has 1 aromatic heterocycles. The Bertz CT molecular complexity index is 575. The molecule has 0 atom stereocenters. The number of imidazole rings is 1. The zero-order valence-corrected chi connectivity index (χ0v) is 12.5. The minimum atomic E-state index is 0.601. The molecule has 0 radical (unpaired) electrons. The topological polar surface area (TPSA) is 53.1 Å². The van der Waals surface area contributed by atoms with E-state index in [4.69, 9.17) is 15.5 Å². The summed E-state index contributed by atoms with van der Waals surface area (Å²) in [7, 11) is 1.70. The molecule has 4 heteroatoms. The first-order valence-corrected chi connectivity index (χ1v) is 7.14. The van der Waals surface area contributed by atoms with Crippen LogP contribution in [0.5, 0.6) is 0 Å². The highest BCUT2D eigenvalue weighted by molar-refractivity contribution is 5.71. The maximum absolute atomic E-state index is 6.29. The van der Waals surface area contributed by atoms with Crippen molar-refractivity contribution in [3.8, 4) is 11.3 Å². The lowest BCUT2D eigenvalue weighted by Gasteiger charge is -2.07. The van der Waals surface area contributed by atoms with Gasteiger partial charge >= 0.3 is 0 Å². The third kappa shape index (κ3) is 2.85. The van der Waals surface area contributed by atoms with E-state index in [0.717, 1.165) is 47.8 Å². The van der Waals surface area contributed by atoms with Gasteiger partial charge in [-0.15, -0.1) is 0 Å². The van der Waals surface area contributed by atoms with Gasteiger partial charge in [-0.1, -0.05) is 32.0 Å². The summed E-state index contributed by atoms with van der Waals surface area (Å²) in [4.78, 5) is 4.72. The van der Waals surface area contributed by atoms with Crippen LogP contribution in [0.1, 0.15) is 31.7 Å². The van der Waals surface area contributed by atoms with Crippen LogP contribution in [0, 0.1) is 0 Å². The lowest BCUT2D eigenvalue weighted by Crippen LogP contribution is -2.06. The van der Waals surface area contributed by atoms with E-state index >= 15 is 0 Å². The maximum Gasteiger partial charge on any atom is 0.131 e. The van der Waals surface area contributed by atoms with Gasteiger partial charge in [-0.05, 0) is 18.1 Å². The Morgan fingerprint density at radius 3 is 2.75 bits per heavy atom. The molecule has 0 aliphatic rings. The molecule has 4 nitrogen and oxygen atoms in total. The first-order valence-electron chi connectivity index (χ1n) is 7.14. The monoisotopic (exact) mass is 273 g/mol. The molecule has 2 N–H and O–H groups in total. The van der Waals surface area contributed by atoms with Gasteiger partial charge in [-0.2, -0.15) is 0 Å². The second kappa shape index (κ2) is 6.57. The van der Waals surface area contributed by atoms with Gasteiger partial charge in [0.15, 0.2) is 0 Å². The standard InChI is InChI=1S/C16H23N3O/c1-4-9-19-14(5-2)18-15(16(19)17)13-8-6-7-12(10-13)11-20-3/h6-8,10H,4-5,9,11,17H2,1-3H3. The fourth-order valence-corrected chi connectivity index (χ4v) is 2.44. The lowest BCUT2D eigenvalue weighted by atomic mass is 10.1.